The van der Waals surface area contributed by atoms with Gasteiger partial charge in [0.2, 0.25) is 0 Å². The average molecular weight is 345 g/mol. The fourth-order valence-corrected chi connectivity index (χ4v) is 3.60. The number of rotatable bonds is 5. The molecule has 2 rings (SSSR count). The van der Waals surface area contributed by atoms with E-state index in [9.17, 15) is 0 Å². The van der Waals surface area contributed by atoms with E-state index in [0.29, 0.717) is 6.04 Å². The lowest BCUT2D eigenvalue weighted by molar-refractivity contribution is 0.553. The largest absolute Gasteiger partial charge is 0.310 e. The maximum Gasteiger partial charge on any atom is 0.0420 e. The number of hydrogen-bond acceptors (Lipinski definition) is 2. The molecule has 1 N–H and O–H groups in total. The molecule has 1 heterocycles. The van der Waals surface area contributed by atoms with Crippen LogP contribution in [0.3, 0.4) is 0 Å². The van der Waals surface area contributed by atoms with Gasteiger partial charge in [-0.2, -0.15) is 0 Å². The zero-order valence-electron chi connectivity index (χ0n) is 10.1. The number of benzene rings is 1. The zero-order valence-corrected chi connectivity index (χ0v) is 13.3. The Morgan fingerprint density at radius 3 is 2.83 bits per heavy atom. The summed E-state index contributed by atoms with van der Waals surface area (Å²) in [5.74, 6) is 0. The summed E-state index contributed by atoms with van der Waals surface area (Å²) in [6.07, 6.45) is 0.998. The first-order chi connectivity index (χ1) is 8.69. The van der Waals surface area contributed by atoms with Gasteiger partial charge in [-0.3, -0.25) is 0 Å². The number of likely N-dealkylation sites (N-methyl/N-ethyl adjacent to an activating group) is 1. The van der Waals surface area contributed by atoms with Gasteiger partial charge < -0.3 is 5.32 Å². The molecule has 1 atom stereocenters. The molecule has 1 aromatic carbocycles. The smallest absolute Gasteiger partial charge is 0.0420 e. The van der Waals surface area contributed by atoms with Crippen molar-refractivity contribution < 1.29 is 0 Å². The Balaban J connectivity index is 2.23. The molecule has 1 nitrogen and oxygen atoms in total. The molecule has 0 saturated heterocycles. The van der Waals surface area contributed by atoms with Crippen molar-refractivity contribution in [2.24, 2.45) is 0 Å². The third-order valence-corrected chi connectivity index (χ3v) is 4.30. The van der Waals surface area contributed by atoms with Crippen molar-refractivity contribution in [3.63, 3.8) is 0 Å². The van der Waals surface area contributed by atoms with Crippen LogP contribution in [0.25, 0.3) is 0 Å². The van der Waals surface area contributed by atoms with Gasteiger partial charge in [0, 0.05) is 26.8 Å². The number of halogens is 2. The molecule has 2 aromatic rings. The number of hydrogen-bond donors (Lipinski definition) is 1. The van der Waals surface area contributed by atoms with E-state index in [4.69, 9.17) is 11.6 Å². The lowest BCUT2D eigenvalue weighted by Crippen LogP contribution is -2.22. The van der Waals surface area contributed by atoms with Gasteiger partial charge in [-0.1, -0.05) is 40.5 Å². The molecule has 0 bridgehead atoms. The van der Waals surface area contributed by atoms with E-state index in [0.717, 1.165) is 22.5 Å². The van der Waals surface area contributed by atoms with Crippen LogP contribution in [0.4, 0.5) is 0 Å². The molecular formula is C14H15BrClNS. The van der Waals surface area contributed by atoms with E-state index >= 15 is 0 Å². The Kier molecular flexibility index (Phi) is 5.25. The van der Waals surface area contributed by atoms with E-state index in [2.05, 4.69) is 51.7 Å². The molecule has 0 radical (unpaired) electrons. The van der Waals surface area contributed by atoms with Gasteiger partial charge in [0.1, 0.15) is 0 Å². The van der Waals surface area contributed by atoms with Gasteiger partial charge in [-0.15, -0.1) is 11.3 Å². The van der Waals surface area contributed by atoms with Crippen molar-refractivity contribution >= 4 is 38.9 Å². The van der Waals surface area contributed by atoms with Gasteiger partial charge in [0.15, 0.2) is 0 Å². The Bertz CT molecular complexity index is 478. The average Bonchev–Trinajstić information content (AvgIpc) is 2.80. The van der Waals surface area contributed by atoms with Crippen LogP contribution in [0.2, 0.25) is 5.02 Å². The van der Waals surface area contributed by atoms with E-state index in [1.807, 2.05) is 12.1 Å². The van der Waals surface area contributed by atoms with Crippen molar-refractivity contribution in [3.05, 3.63) is 55.6 Å². The van der Waals surface area contributed by atoms with Crippen molar-refractivity contribution in [1.29, 1.82) is 0 Å². The molecule has 0 aliphatic carbocycles. The summed E-state index contributed by atoms with van der Waals surface area (Å²) in [4.78, 5) is 1.39. The predicted octanol–water partition coefficient (Wildman–Crippen LogP) is 5.06. The molecule has 0 aliphatic rings. The second-order valence-electron chi connectivity index (χ2n) is 4.10. The summed E-state index contributed by atoms with van der Waals surface area (Å²) < 4.78 is 1.03. The van der Waals surface area contributed by atoms with Crippen LogP contribution < -0.4 is 5.32 Å². The maximum atomic E-state index is 6.12. The monoisotopic (exact) mass is 343 g/mol. The van der Waals surface area contributed by atoms with Crippen LogP contribution >= 0.6 is 38.9 Å². The molecule has 0 fully saturated rings. The summed E-state index contributed by atoms with van der Waals surface area (Å²) in [5.41, 5.74) is 1.23. The Morgan fingerprint density at radius 2 is 2.22 bits per heavy atom. The van der Waals surface area contributed by atoms with Gasteiger partial charge in [-0.25, -0.2) is 0 Å². The minimum absolute atomic E-state index is 0.309. The van der Waals surface area contributed by atoms with E-state index < -0.39 is 0 Å². The highest BCUT2D eigenvalue weighted by atomic mass is 79.9. The molecule has 0 saturated carbocycles. The van der Waals surface area contributed by atoms with Gasteiger partial charge >= 0.3 is 0 Å². The lowest BCUT2D eigenvalue weighted by Gasteiger charge is -2.18. The third-order valence-electron chi connectivity index (χ3n) is 2.72. The first-order valence-electron chi connectivity index (χ1n) is 5.90. The van der Waals surface area contributed by atoms with Crippen molar-refractivity contribution in [3.8, 4) is 0 Å². The summed E-state index contributed by atoms with van der Waals surface area (Å²) in [6, 6.07) is 10.7. The second-order valence-corrected chi connectivity index (χ2v) is 6.48. The Morgan fingerprint density at radius 1 is 1.39 bits per heavy atom. The van der Waals surface area contributed by atoms with Crippen molar-refractivity contribution in [2.45, 2.75) is 19.4 Å². The number of thiophene rings is 1. The molecule has 18 heavy (non-hydrogen) atoms. The molecule has 0 aliphatic heterocycles. The fourth-order valence-electron chi connectivity index (χ4n) is 1.96. The second kappa shape index (κ2) is 6.71. The third kappa shape index (κ3) is 3.82. The standard InChI is InChI=1S/C14H15BrClNS/c1-2-17-14(9-13-4-3-5-18-13)10-6-11(15)8-12(16)7-10/h3-8,14,17H,2,9H2,1H3. The molecule has 0 amide bonds. The summed E-state index contributed by atoms with van der Waals surface area (Å²) in [7, 11) is 0. The quantitative estimate of drug-likeness (QED) is 0.799. The fraction of sp³-hybridized carbons (Fsp3) is 0.286. The van der Waals surface area contributed by atoms with Crippen LogP contribution in [-0.2, 0) is 6.42 Å². The van der Waals surface area contributed by atoms with Crippen molar-refractivity contribution in [1.82, 2.24) is 5.32 Å². The van der Waals surface area contributed by atoms with Gasteiger partial charge in [-0.05, 0) is 41.8 Å². The van der Waals surface area contributed by atoms with Crippen LogP contribution in [0, 0.1) is 0 Å². The molecular weight excluding hydrogens is 330 g/mol. The Hall–Kier alpha value is -0.350. The van der Waals surface area contributed by atoms with E-state index in [1.165, 1.54) is 10.4 Å². The highest BCUT2D eigenvalue weighted by Gasteiger charge is 2.13. The summed E-state index contributed by atoms with van der Waals surface area (Å²) in [5, 5.41) is 6.41. The highest BCUT2D eigenvalue weighted by Crippen LogP contribution is 2.27. The molecule has 1 unspecified atom stereocenters. The molecule has 1 aromatic heterocycles. The van der Waals surface area contributed by atoms with Crippen LogP contribution in [0.5, 0.6) is 0 Å². The first kappa shape index (κ1) is 14.1. The maximum absolute atomic E-state index is 6.12. The zero-order chi connectivity index (χ0) is 13.0. The predicted molar refractivity (Wildman–Crippen MR) is 83.6 cm³/mol. The number of nitrogens with one attached hydrogen (secondary N) is 1. The first-order valence-corrected chi connectivity index (χ1v) is 7.96. The SMILES string of the molecule is CCNC(Cc1cccs1)c1cc(Cl)cc(Br)c1. The van der Waals surface area contributed by atoms with E-state index in [-0.39, 0.29) is 0 Å². The minimum atomic E-state index is 0.309. The van der Waals surface area contributed by atoms with Gasteiger partial charge in [0.25, 0.3) is 0 Å². The molecule has 96 valence electrons. The van der Waals surface area contributed by atoms with Gasteiger partial charge in [0.05, 0.1) is 0 Å². The van der Waals surface area contributed by atoms with Crippen LogP contribution in [0.15, 0.2) is 40.2 Å². The van der Waals surface area contributed by atoms with Crippen molar-refractivity contribution in [2.75, 3.05) is 6.54 Å². The highest BCUT2D eigenvalue weighted by molar-refractivity contribution is 9.10. The minimum Gasteiger partial charge on any atom is -0.310 e. The summed E-state index contributed by atoms with van der Waals surface area (Å²) in [6.45, 7) is 3.07. The normalized spacial score (nSPS) is 12.6. The van der Waals surface area contributed by atoms with Crippen LogP contribution in [0.1, 0.15) is 23.4 Å². The van der Waals surface area contributed by atoms with Crippen LogP contribution in [-0.4, -0.2) is 6.54 Å². The molecule has 0 spiro atoms. The molecule has 4 heteroatoms. The topological polar surface area (TPSA) is 12.0 Å². The Labute approximate surface area is 125 Å². The van der Waals surface area contributed by atoms with E-state index in [1.54, 1.807) is 11.3 Å². The lowest BCUT2D eigenvalue weighted by atomic mass is 10.0. The summed E-state index contributed by atoms with van der Waals surface area (Å²) >= 11 is 11.4.